The Labute approximate surface area is 65.0 Å². The second-order valence-electron chi connectivity index (χ2n) is 2.62. The first-order valence-electron chi connectivity index (χ1n) is 3.55. The lowest BCUT2D eigenvalue weighted by Crippen LogP contribution is -2.25. The van der Waals surface area contributed by atoms with Gasteiger partial charge in [-0.2, -0.15) is 0 Å². The minimum atomic E-state index is -2.24. The summed E-state index contributed by atoms with van der Waals surface area (Å²) >= 11 is 0. The molecule has 0 fully saturated rings. The van der Waals surface area contributed by atoms with Gasteiger partial charge in [0.2, 0.25) is 0 Å². The molecule has 62 valence electrons. The van der Waals surface area contributed by atoms with Gasteiger partial charge in [-0.05, 0) is 12.5 Å². The third kappa shape index (κ3) is 2.70. The second-order valence-corrected chi connectivity index (χ2v) is 2.62. The van der Waals surface area contributed by atoms with Crippen LogP contribution in [0.1, 0.15) is 6.92 Å². The van der Waals surface area contributed by atoms with Crippen molar-refractivity contribution in [1.29, 1.82) is 0 Å². The van der Waals surface area contributed by atoms with Crippen LogP contribution in [-0.4, -0.2) is 24.4 Å². The lowest BCUT2D eigenvalue weighted by molar-refractivity contribution is 0.112. The molecule has 0 N–H and O–H groups in total. The predicted octanol–water partition coefficient (Wildman–Crippen LogP) is 2.03. The van der Waals surface area contributed by atoms with Crippen molar-refractivity contribution in [1.82, 2.24) is 4.90 Å². The first kappa shape index (κ1) is 8.24. The van der Waals surface area contributed by atoms with Gasteiger partial charge in [-0.15, -0.1) is 0 Å². The van der Waals surface area contributed by atoms with Crippen molar-refractivity contribution in [2.45, 2.75) is 13.3 Å². The fourth-order valence-electron chi connectivity index (χ4n) is 1.06. The first-order valence-corrected chi connectivity index (χ1v) is 3.55. The second kappa shape index (κ2) is 3.51. The normalized spacial score (nSPS) is 17.5. The van der Waals surface area contributed by atoms with Crippen molar-refractivity contribution < 1.29 is 8.78 Å². The minimum Gasteiger partial charge on any atom is -0.368 e. The van der Waals surface area contributed by atoms with Crippen LogP contribution >= 0.6 is 0 Å². The van der Waals surface area contributed by atoms with E-state index in [1.807, 2.05) is 19.1 Å². The molecule has 0 atom stereocenters. The Morgan fingerprint density at radius 2 is 2.36 bits per heavy atom. The van der Waals surface area contributed by atoms with E-state index in [1.54, 1.807) is 11.1 Å². The lowest BCUT2D eigenvalue weighted by Gasteiger charge is -2.21. The van der Waals surface area contributed by atoms with Crippen molar-refractivity contribution >= 4 is 0 Å². The monoisotopic (exact) mass is 159 g/mol. The minimum absolute atomic E-state index is 0.165. The van der Waals surface area contributed by atoms with E-state index in [0.717, 1.165) is 5.57 Å². The maximum atomic E-state index is 11.9. The van der Waals surface area contributed by atoms with Gasteiger partial charge < -0.3 is 4.90 Å². The third-order valence-corrected chi connectivity index (χ3v) is 1.48. The Kier molecular flexibility index (Phi) is 2.63. The highest BCUT2D eigenvalue weighted by molar-refractivity contribution is 5.19. The van der Waals surface area contributed by atoms with Gasteiger partial charge in [0.25, 0.3) is 6.43 Å². The summed E-state index contributed by atoms with van der Waals surface area (Å²) in [4.78, 5) is 1.61. The molecule has 1 heterocycles. The zero-order valence-corrected chi connectivity index (χ0v) is 6.43. The van der Waals surface area contributed by atoms with E-state index in [0.29, 0.717) is 6.54 Å². The Morgan fingerprint density at radius 1 is 1.64 bits per heavy atom. The van der Waals surface area contributed by atoms with E-state index in [9.17, 15) is 8.78 Å². The molecule has 3 heteroatoms. The molecule has 0 aliphatic carbocycles. The molecule has 0 amide bonds. The quantitative estimate of drug-likeness (QED) is 0.595. The van der Waals surface area contributed by atoms with Crippen molar-refractivity contribution in [3.63, 3.8) is 0 Å². The number of hydrogen-bond acceptors (Lipinski definition) is 1. The maximum Gasteiger partial charge on any atom is 0.255 e. The molecule has 0 bridgehead atoms. The number of hydrogen-bond donors (Lipinski definition) is 0. The number of alkyl halides is 2. The number of nitrogens with zero attached hydrogens (tertiary/aromatic N) is 1. The molecule has 0 aromatic rings. The molecule has 11 heavy (non-hydrogen) atoms. The number of allylic oxidation sites excluding steroid dienone is 2. The highest BCUT2D eigenvalue weighted by Gasteiger charge is 2.08. The van der Waals surface area contributed by atoms with Crippen LogP contribution in [0.5, 0.6) is 0 Å². The van der Waals surface area contributed by atoms with E-state index >= 15 is 0 Å². The molecule has 0 radical (unpaired) electrons. The molecule has 0 saturated carbocycles. The summed E-state index contributed by atoms with van der Waals surface area (Å²) in [6.07, 6.45) is 3.33. The smallest absolute Gasteiger partial charge is 0.255 e. The molecule has 0 aromatic carbocycles. The summed E-state index contributed by atoms with van der Waals surface area (Å²) in [6.45, 7) is 2.33. The van der Waals surface area contributed by atoms with Crippen LogP contribution in [0.3, 0.4) is 0 Å². The largest absolute Gasteiger partial charge is 0.368 e. The summed E-state index contributed by atoms with van der Waals surface area (Å²) in [5.41, 5.74) is 1.02. The number of rotatable bonds is 2. The Balaban J connectivity index is 2.44. The van der Waals surface area contributed by atoms with E-state index in [2.05, 4.69) is 0 Å². The molecule has 0 spiro atoms. The fraction of sp³-hybridized carbons (Fsp3) is 0.500. The third-order valence-electron chi connectivity index (χ3n) is 1.48. The molecule has 0 aromatic heterocycles. The van der Waals surface area contributed by atoms with Crippen molar-refractivity contribution in [2.75, 3.05) is 13.1 Å². The van der Waals surface area contributed by atoms with Gasteiger partial charge in [-0.25, -0.2) is 8.78 Å². The highest BCUT2D eigenvalue weighted by Crippen LogP contribution is 2.08. The van der Waals surface area contributed by atoms with Gasteiger partial charge in [0.1, 0.15) is 0 Å². The van der Waals surface area contributed by atoms with E-state index < -0.39 is 6.43 Å². The molecule has 1 aliphatic rings. The Morgan fingerprint density at radius 3 is 2.91 bits per heavy atom. The Hall–Kier alpha value is -0.860. The zero-order chi connectivity index (χ0) is 8.27. The van der Waals surface area contributed by atoms with E-state index in [-0.39, 0.29) is 6.54 Å². The summed E-state index contributed by atoms with van der Waals surface area (Å²) in [6, 6.07) is 0. The van der Waals surface area contributed by atoms with Gasteiger partial charge in [-0.3, -0.25) is 0 Å². The predicted molar refractivity (Wildman–Crippen MR) is 40.5 cm³/mol. The van der Waals surface area contributed by atoms with Crippen LogP contribution in [0.2, 0.25) is 0 Å². The summed E-state index contributed by atoms with van der Waals surface area (Å²) in [7, 11) is 0. The molecule has 0 saturated heterocycles. The van der Waals surface area contributed by atoms with Crippen LogP contribution < -0.4 is 0 Å². The van der Waals surface area contributed by atoms with Crippen LogP contribution in [0.25, 0.3) is 0 Å². The van der Waals surface area contributed by atoms with E-state index in [4.69, 9.17) is 0 Å². The first-order chi connectivity index (χ1) is 5.18. The molecular formula is C8H11F2N. The van der Waals surface area contributed by atoms with Crippen LogP contribution in [0.15, 0.2) is 23.9 Å². The van der Waals surface area contributed by atoms with Crippen LogP contribution in [0.4, 0.5) is 8.78 Å². The summed E-state index contributed by atoms with van der Waals surface area (Å²) in [5.74, 6) is 0. The van der Waals surface area contributed by atoms with Gasteiger partial charge in [0.05, 0.1) is 6.54 Å². The van der Waals surface area contributed by atoms with Crippen molar-refractivity contribution in [3.8, 4) is 0 Å². The fourth-order valence-corrected chi connectivity index (χ4v) is 1.06. The molecule has 1 nitrogen and oxygen atoms in total. The summed E-state index contributed by atoms with van der Waals surface area (Å²) in [5, 5.41) is 0. The molecule has 0 unspecified atom stereocenters. The van der Waals surface area contributed by atoms with Crippen LogP contribution in [0, 0.1) is 0 Å². The lowest BCUT2D eigenvalue weighted by atomic mass is 10.2. The molecule has 1 aliphatic heterocycles. The Bertz CT molecular complexity index is 185. The van der Waals surface area contributed by atoms with E-state index in [1.165, 1.54) is 0 Å². The van der Waals surface area contributed by atoms with Gasteiger partial charge in [-0.1, -0.05) is 12.2 Å². The topological polar surface area (TPSA) is 3.24 Å². The average Bonchev–Trinajstić information content (AvgIpc) is 1.85. The molecule has 1 rings (SSSR count). The standard InChI is InChI=1S/C8H11F2N/c1-7-3-2-4-11(5-7)6-8(9)10/h2-3,5,8H,4,6H2,1H3. The SMILES string of the molecule is CC1=CN(CC(F)F)CC=C1. The maximum absolute atomic E-state index is 11.9. The summed E-state index contributed by atoms with van der Waals surface area (Å²) < 4.78 is 23.7. The van der Waals surface area contributed by atoms with Gasteiger partial charge >= 0.3 is 0 Å². The van der Waals surface area contributed by atoms with Crippen molar-refractivity contribution in [2.24, 2.45) is 0 Å². The van der Waals surface area contributed by atoms with Crippen molar-refractivity contribution in [3.05, 3.63) is 23.9 Å². The van der Waals surface area contributed by atoms with Crippen LogP contribution in [-0.2, 0) is 0 Å². The zero-order valence-electron chi connectivity index (χ0n) is 6.43. The molecular weight excluding hydrogens is 148 g/mol. The average molecular weight is 159 g/mol. The van der Waals surface area contributed by atoms with Gasteiger partial charge in [0.15, 0.2) is 0 Å². The highest BCUT2D eigenvalue weighted by atomic mass is 19.3. The number of halogens is 2. The van der Waals surface area contributed by atoms with Gasteiger partial charge in [0, 0.05) is 12.7 Å².